The third kappa shape index (κ3) is 12.8. The molecule has 0 saturated heterocycles. The number of hydrogen-bond donors (Lipinski definition) is 0. The molecule has 248 valence electrons. The van der Waals surface area contributed by atoms with Crippen LogP contribution in [0.1, 0.15) is 129 Å². The van der Waals surface area contributed by atoms with Gasteiger partial charge in [-0.3, -0.25) is 0 Å². The first-order valence-corrected chi connectivity index (χ1v) is 18.5. The normalized spacial score (nSPS) is 11.3. The van der Waals surface area contributed by atoms with E-state index in [0.29, 0.717) is 0 Å². The molecule has 0 saturated carbocycles. The minimum absolute atomic E-state index is 0.752. The van der Waals surface area contributed by atoms with E-state index in [1.54, 1.807) is 0 Å². The van der Waals surface area contributed by atoms with Crippen molar-refractivity contribution in [2.24, 2.45) is 0 Å². The summed E-state index contributed by atoms with van der Waals surface area (Å²) in [5, 5.41) is 0. The Morgan fingerprint density at radius 1 is 0.370 bits per heavy atom. The maximum atomic E-state index is 6.01. The molecule has 0 amide bonds. The van der Waals surface area contributed by atoms with Crippen LogP contribution >= 0.6 is 0 Å². The molecule has 0 fully saturated rings. The molecule has 46 heavy (non-hydrogen) atoms. The molecule has 1 heterocycles. The fraction of sp³-hybridized carbons (Fsp3) is 0.524. The molecule has 0 N–H and O–H groups in total. The number of unbranched alkanes of at least 4 members (excludes halogenated alkanes) is 16. The van der Waals surface area contributed by atoms with Gasteiger partial charge in [-0.05, 0) is 72.5 Å². The van der Waals surface area contributed by atoms with E-state index in [2.05, 4.69) is 74.5 Å². The van der Waals surface area contributed by atoms with Crippen molar-refractivity contribution in [1.29, 1.82) is 0 Å². The summed E-state index contributed by atoms with van der Waals surface area (Å²) in [4.78, 5) is 9.67. The second kappa shape index (κ2) is 21.4. The van der Waals surface area contributed by atoms with E-state index in [0.717, 1.165) is 71.5 Å². The smallest absolute Gasteiger partial charge is 0.160 e. The Balaban J connectivity index is 1.16. The molecule has 0 unspecified atom stereocenters. The van der Waals surface area contributed by atoms with Gasteiger partial charge >= 0.3 is 0 Å². The maximum absolute atomic E-state index is 6.01. The average Bonchev–Trinajstić information content (AvgIpc) is 3.39. The second-order valence-corrected chi connectivity index (χ2v) is 12.8. The monoisotopic (exact) mass is 622 g/mol. The maximum Gasteiger partial charge on any atom is 0.160 e. The number of rotatable bonds is 24. The third-order valence-electron chi connectivity index (χ3n) is 8.89. The molecule has 0 bridgehead atoms. The summed E-state index contributed by atoms with van der Waals surface area (Å²) >= 11 is 0. The van der Waals surface area contributed by atoms with E-state index in [9.17, 15) is 0 Å². The quantitative estimate of drug-likeness (QED) is 0.0729. The molecule has 0 atom stereocenters. The molecule has 4 heteroatoms. The lowest BCUT2D eigenvalue weighted by Crippen LogP contribution is -1.97. The van der Waals surface area contributed by atoms with Crippen molar-refractivity contribution < 1.29 is 9.47 Å². The first-order chi connectivity index (χ1) is 22.8. The van der Waals surface area contributed by atoms with Gasteiger partial charge in [0, 0.05) is 5.56 Å². The molecule has 2 aromatic carbocycles. The van der Waals surface area contributed by atoms with Crippen molar-refractivity contribution in [2.45, 2.75) is 129 Å². The van der Waals surface area contributed by atoms with Crippen LogP contribution in [0.25, 0.3) is 33.9 Å². The molecule has 0 spiro atoms. The highest BCUT2D eigenvalue weighted by atomic mass is 16.5. The zero-order chi connectivity index (χ0) is 32.1. The largest absolute Gasteiger partial charge is 0.494 e. The topological polar surface area (TPSA) is 44.2 Å². The standard InChI is InChI=1S/C42H58N2O2/c1-3-5-7-9-11-12-13-14-15-16-18-20-34-46-39-29-23-37(24-30-39)42-43-40-31-25-36(26-32-41(40)44-42)35-21-27-38(28-22-35)45-33-19-17-10-8-6-4-2/h21-32H,3-20,33-34H2,1-2H3. The SMILES string of the molecule is CCCCCCCCCCCCCCOc1ccc(-c2nc3ccc(-c4ccc(OCCCCCCCC)cc4)ccc-3n2)cc1. The van der Waals surface area contributed by atoms with Gasteiger partial charge in [-0.2, -0.15) is 0 Å². The number of nitrogens with zero attached hydrogens (tertiary/aromatic N) is 2. The summed E-state index contributed by atoms with van der Waals surface area (Å²) in [6, 6.07) is 25.0. The Bertz CT molecular complexity index is 1280. The van der Waals surface area contributed by atoms with Gasteiger partial charge in [-0.1, -0.05) is 141 Å². The van der Waals surface area contributed by atoms with Crippen LogP contribution < -0.4 is 9.47 Å². The van der Waals surface area contributed by atoms with Gasteiger partial charge in [0.25, 0.3) is 0 Å². The van der Waals surface area contributed by atoms with Crippen molar-refractivity contribution in [3.8, 4) is 45.4 Å². The summed E-state index contributed by atoms with van der Waals surface area (Å²) in [6.45, 7) is 6.11. The molecule has 2 aliphatic rings. The number of benzene rings is 2. The van der Waals surface area contributed by atoms with Gasteiger partial charge < -0.3 is 9.47 Å². The Kier molecular flexibility index (Phi) is 16.5. The van der Waals surface area contributed by atoms with Crippen LogP contribution in [-0.2, 0) is 0 Å². The van der Waals surface area contributed by atoms with Crippen molar-refractivity contribution in [3.63, 3.8) is 0 Å². The highest BCUT2D eigenvalue weighted by molar-refractivity contribution is 5.70. The molecular formula is C42H58N2O2. The number of ether oxygens (including phenoxy) is 2. The molecule has 2 aromatic rings. The molecule has 1 aliphatic heterocycles. The van der Waals surface area contributed by atoms with E-state index in [1.807, 2.05) is 12.1 Å². The van der Waals surface area contributed by atoms with Gasteiger partial charge in [0.2, 0.25) is 0 Å². The summed E-state index contributed by atoms with van der Waals surface area (Å²) in [6.07, 6.45) is 23.9. The zero-order valence-corrected chi connectivity index (χ0v) is 28.8. The highest BCUT2D eigenvalue weighted by Crippen LogP contribution is 2.29. The minimum atomic E-state index is 0.752. The summed E-state index contributed by atoms with van der Waals surface area (Å²) in [7, 11) is 0. The number of aromatic nitrogens is 2. The van der Waals surface area contributed by atoms with Crippen molar-refractivity contribution >= 4 is 0 Å². The highest BCUT2D eigenvalue weighted by Gasteiger charge is 2.12. The first kappa shape index (κ1) is 35.5. The van der Waals surface area contributed by atoms with Crippen LogP contribution in [0.3, 0.4) is 0 Å². The Morgan fingerprint density at radius 2 is 0.696 bits per heavy atom. The van der Waals surface area contributed by atoms with Gasteiger partial charge in [0.1, 0.15) is 11.5 Å². The van der Waals surface area contributed by atoms with Crippen LogP contribution in [0.4, 0.5) is 0 Å². The fourth-order valence-electron chi connectivity index (χ4n) is 5.98. The van der Waals surface area contributed by atoms with E-state index < -0.39 is 0 Å². The number of hydrogen-bond acceptors (Lipinski definition) is 4. The molecule has 4 nitrogen and oxygen atoms in total. The Morgan fingerprint density at radius 3 is 1.09 bits per heavy atom. The van der Waals surface area contributed by atoms with Crippen molar-refractivity contribution in [1.82, 2.24) is 9.97 Å². The van der Waals surface area contributed by atoms with Crippen molar-refractivity contribution in [2.75, 3.05) is 13.2 Å². The lowest BCUT2D eigenvalue weighted by molar-refractivity contribution is 0.304. The van der Waals surface area contributed by atoms with Crippen LogP contribution in [-0.4, -0.2) is 23.2 Å². The summed E-state index contributed by atoms with van der Waals surface area (Å²) in [5.41, 5.74) is 5.09. The van der Waals surface area contributed by atoms with Gasteiger partial charge in [-0.15, -0.1) is 0 Å². The van der Waals surface area contributed by atoms with Gasteiger partial charge in [0.05, 0.1) is 24.6 Å². The predicted octanol–water partition coefficient (Wildman–Crippen LogP) is 12.7. The van der Waals surface area contributed by atoms with E-state index in [4.69, 9.17) is 19.4 Å². The van der Waals surface area contributed by atoms with Crippen LogP contribution in [0.15, 0.2) is 72.8 Å². The first-order valence-electron chi connectivity index (χ1n) is 18.5. The van der Waals surface area contributed by atoms with Crippen LogP contribution in [0.5, 0.6) is 11.5 Å². The second-order valence-electron chi connectivity index (χ2n) is 12.8. The average molecular weight is 623 g/mol. The third-order valence-corrected chi connectivity index (χ3v) is 8.89. The lowest BCUT2D eigenvalue weighted by atomic mass is 10.1. The zero-order valence-electron chi connectivity index (χ0n) is 28.8. The number of imidazole rings is 1. The predicted molar refractivity (Wildman–Crippen MR) is 195 cm³/mol. The van der Waals surface area contributed by atoms with Crippen molar-refractivity contribution in [3.05, 3.63) is 72.8 Å². The van der Waals surface area contributed by atoms with E-state index in [-0.39, 0.29) is 0 Å². The van der Waals surface area contributed by atoms with Gasteiger partial charge in [0.15, 0.2) is 5.82 Å². The molecule has 4 rings (SSSR count). The van der Waals surface area contributed by atoms with Crippen LogP contribution in [0.2, 0.25) is 0 Å². The molecule has 0 aromatic heterocycles. The fourth-order valence-corrected chi connectivity index (χ4v) is 5.98. The number of fused-ring (bicyclic) bond motifs is 1. The van der Waals surface area contributed by atoms with E-state index >= 15 is 0 Å². The Hall–Kier alpha value is -3.40. The summed E-state index contributed by atoms with van der Waals surface area (Å²) < 4.78 is 12.0. The van der Waals surface area contributed by atoms with E-state index in [1.165, 1.54) is 103 Å². The van der Waals surface area contributed by atoms with Crippen LogP contribution in [0, 0.1) is 0 Å². The summed E-state index contributed by atoms with van der Waals surface area (Å²) in [5.74, 6) is 2.60. The molecular weight excluding hydrogens is 564 g/mol. The minimum Gasteiger partial charge on any atom is -0.494 e. The Labute approximate surface area is 279 Å². The lowest BCUT2D eigenvalue weighted by Gasteiger charge is -2.07. The van der Waals surface area contributed by atoms with Gasteiger partial charge in [-0.25, -0.2) is 9.97 Å². The molecule has 0 radical (unpaired) electrons. The molecule has 1 aliphatic carbocycles.